The number of nitrogens with zero attached hydrogens (tertiary/aromatic N) is 1. The van der Waals surface area contributed by atoms with Crippen LogP contribution in [0.1, 0.15) is 11.3 Å². The van der Waals surface area contributed by atoms with E-state index in [2.05, 4.69) is 25.7 Å². The van der Waals surface area contributed by atoms with E-state index in [4.69, 9.17) is 0 Å². The Morgan fingerprint density at radius 2 is 1.78 bits per heavy atom. The van der Waals surface area contributed by atoms with Crippen molar-refractivity contribution in [2.45, 2.75) is 17.9 Å². The summed E-state index contributed by atoms with van der Waals surface area (Å²) in [6.45, 7) is 0. The van der Waals surface area contributed by atoms with Gasteiger partial charge in [-0.25, -0.2) is 4.98 Å². The number of halogens is 8. The summed E-state index contributed by atoms with van der Waals surface area (Å²) in [6, 6.07) is 0.653. The van der Waals surface area contributed by atoms with E-state index in [1.807, 2.05) is 0 Å². The molecule has 2 nitrogen and oxygen atoms in total. The molecule has 0 atom stereocenters. The molecule has 0 fully saturated rings. The largest absolute Gasteiger partial charge is 0.574 e. The molecule has 0 spiro atoms. The molecule has 1 aromatic rings. The van der Waals surface area contributed by atoms with E-state index >= 15 is 0 Å². The molecule has 0 unspecified atom stereocenters. The Bertz CT molecular complexity index is 446. The van der Waals surface area contributed by atoms with Crippen molar-refractivity contribution in [3.63, 3.8) is 0 Å². The highest BCUT2D eigenvalue weighted by atomic mass is 127. The van der Waals surface area contributed by atoms with Crippen LogP contribution in [0.15, 0.2) is 6.07 Å². The fourth-order valence-corrected chi connectivity index (χ4v) is 2.76. The maximum Gasteiger partial charge on any atom is 0.574 e. The molecule has 0 bridgehead atoms. The first kappa shape index (κ1) is 15.8. The van der Waals surface area contributed by atoms with E-state index in [1.165, 1.54) is 22.6 Å². The molecule has 1 rings (SSSR count). The van der Waals surface area contributed by atoms with Gasteiger partial charge in [0.05, 0.1) is 0 Å². The van der Waals surface area contributed by atoms with Crippen molar-refractivity contribution >= 4 is 38.5 Å². The lowest BCUT2D eigenvalue weighted by atomic mass is 10.2. The fraction of sp³-hybridized carbons (Fsp3) is 0.375. The zero-order valence-electron chi connectivity index (χ0n) is 8.16. The number of rotatable bonds is 2. The zero-order valence-corrected chi connectivity index (χ0v) is 11.9. The van der Waals surface area contributed by atoms with Crippen LogP contribution >= 0.6 is 38.5 Å². The minimum Gasteiger partial charge on any atom is -0.387 e. The lowest BCUT2D eigenvalue weighted by Crippen LogP contribution is -2.21. The maximum atomic E-state index is 12.4. The highest BCUT2D eigenvalue weighted by Gasteiger charge is 2.37. The summed E-state index contributed by atoms with van der Waals surface area (Å²) in [4.78, 5) is 2.86. The van der Waals surface area contributed by atoms with Crippen molar-refractivity contribution in [2.24, 2.45) is 0 Å². The Hall–Kier alpha value is -0.260. The average Bonchev–Trinajstić information content (AvgIpc) is 2.13. The number of ether oxygens (including phenoxy) is 1. The maximum absolute atomic E-state index is 12.4. The predicted molar refractivity (Wildman–Crippen MR) is 61.3 cm³/mol. The van der Waals surface area contributed by atoms with E-state index in [9.17, 15) is 26.3 Å². The number of pyridine rings is 1. The van der Waals surface area contributed by atoms with Crippen LogP contribution in [0.2, 0.25) is 0 Å². The van der Waals surface area contributed by atoms with Crippen LogP contribution in [0.3, 0.4) is 0 Å². The van der Waals surface area contributed by atoms with Crippen LogP contribution in [0, 0.1) is 3.57 Å². The lowest BCUT2D eigenvalue weighted by molar-refractivity contribution is -0.276. The molecule has 1 heterocycles. The van der Waals surface area contributed by atoms with Gasteiger partial charge in [0.1, 0.15) is 5.69 Å². The standard InChI is InChI=1S/C8H3BrF6INO/c9-2-3-4(16)1-5(7(10,11)12)17-6(3)18-8(13,14)15/h1H,2H2. The Morgan fingerprint density at radius 1 is 1.22 bits per heavy atom. The van der Waals surface area contributed by atoms with Crippen molar-refractivity contribution in [1.82, 2.24) is 4.98 Å². The molecule has 0 aliphatic heterocycles. The molecular formula is C8H3BrF6INO. The normalized spacial score (nSPS) is 12.7. The molecule has 0 saturated carbocycles. The first-order valence-corrected chi connectivity index (χ1v) is 6.33. The molecular weight excluding hydrogens is 447 g/mol. The van der Waals surface area contributed by atoms with Gasteiger partial charge in [0, 0.05) is 14.5 Å². The van der Waals surface area contributed by atoms with Crippen LogP contribution < -0.4 is 4.74 Å². The van der Waals surface area contributed by atoms with E-state index in [1.54, 1.807) is 0 Å². The summed E-state index contributed by atoms with van der Waals surface area (Å²) in [7, 11) is 0. The van der Waals surface area contributed by atoms with Gasteiger partial charge in [-0.3, -0.25) is 0 Å². The third-order valence-electron chi connectivity index (χ3n) is 1.67. The second-order valence-electron chi connectivity index (χ2n) is 2.95. The topological polar surface area (TPSA) is 22.1 Å². The van der Waals surface area contributed by atoms with Gasteiger partial charge in [-0.05, 0) is 28.7 Å². The Morgan fingerprint density at radius 3 is 2.17 bits per heavy atom. The third kappa shape index (κ3) is 4.14. The summed E-state index contributed by atoms with van der Waals surface area (Å²) in [5, 5.41) is -0.109. The van der Waals surface area contributed by atoms with Crippen LogP contribution in [-0.2, 0) is 11.5 Å². The highest BCUT2D eigenvalue weighted by Crippen LogP contribution is 2.35. The van der Waals surface area contributed by atoms with Crippen molar-refractivity contribution in [2.75, 3.05) is 0 Å². The molecule has 18 heavy (non-hydrogen) atoms. The van der Waals surface area contributed by atoms with Crippen molar-refractivity contribution in [3.05, 3.63) is 20.9 Å². The molecule has 0 aliphatic rings. The summed E-state index contributed by atoms with van der Waals surface area (Å²) >= 11 is 4.35. The predicted octanol–water partition coefficient (Wildman–Crippen LogP) is 4.50. The number of aromatic nitrogens is 1. The molecule has 0 radical (unpaired) electrons. The van der Waals surface area contributed by atoms with Gasteiger partial charge < -0.3 is 4.74 Å². The molecule has 10 heteroatoms. The van der Waals surface area contributed by atoms with Crippen LogP contribution in [0.5, 0.6) is 5.88 Å². The van der Waals surface area contributed by atoms with Crippen molar-refractivity contribution in [1.29, 1.82) is 0 Å². The summed E-state index contributed by atoms with van der Waals surface area (Å²) in [5.74, 6) is -1.10. The summed E-state index contributed by atoms with van der Waals surface area (Å²) < 4.78 is 76.8. The van der Waals surface area contributed by atoms with E-state index < -0.39 is 24.1 Å². The van der Waals surface area contributed by atoms with E-state index in [0.717, 1.165) is 0 Å². The van der Waals surface area contributed by atoms with Gasteiger partial charge in [-0.2, -0.15) is 13.2 Å². The van der Waals surface area contributed by atoms with Gasteiger partial charge in [0.25, 0.3) is 0 Å². The zero-order chi connectivity index (χ0) is 14.1. The fourth-order valence-electron chi connectivity index (χ4n) is 0.979. The minimum atomic E-state index is -5.10. The van der Waals surface area contributed by atoms with Crippen LogP contribution in [-0.4, -0.2) is 11.3 Å². The third-order valence-corrected chi connectivity index (χ3v) is 3.19. The Balaban J connectivity index is 3.33. The van der Waals surface area contributed by atoms with Gasteiger partial charge in [0.2, 0.25) is 5.88 Å². The van der Waals surface area contributed by atoms with Gasteiger partial charge in [-0.1, -0.05) is 15.9 Å². The minimum absolute atomic E-state index is 0.0222. The quantitative estimate of drug-likeness (QED) is 0.377. The van der Waals surface area contributed by atoms with E-state index in [-0.39, 0.29) is 14.5 Å². The number of hydrogen-bond acceptors (Lipinski definition) is 2. The smallest absolute Gasteiger partial charge is 0.387 e. The second-order valence-corrected chi connectivity index (χ2v) is 4.68. The van der Waals surface area contributed by atoms with Gasteiger partial charge in [0.15, 0.2) is 0 Å². The van der Waals surface area contributed by atoms with Crippen molar-refractivity contribution < 1.29 is 31.1 Å². The molecule has 0 aromatic carbocycles. The van der Waals surface area contributed by atoms with Crippen LogP contribution in [0.25, 0.3) is 0 Å². The Kier molecular flexibility index (Phi) is 4.73. The van der Waals surface area contributed by atoms with Gasteiger partial charge >= 0.3 is 12.5 Å². The molecule has 0 amide bonds. The number of alkyl halides is 7. The summed E-state index contributed by atoms with van der Waals surface area (Å²) in [5.41, 5.74) is -1.53. The molecule has 102 valence electrons. The first-order chi connectivity index (χ1) is 8.04. The summed E-state index contributed by atoms with van der Waals surface area (Å²) in [6.07, 6.45) is -9.94. The van der Waals surface area contributed by atoms with E-state index in [0.29, 0.717) is 6.07 Å². The second kappa shape index (κ2) is 5.39. The molecule has 0 aliphatic carbocycles. The average molecular weight is 450 g/mol. The first-order valence-electron chi connectivity index (χ1n) is 4.13. The monoisotopic (exact) mass is 449 g/mol. The van der Waals surface area contributed by atoms with Crippen LogP contribution in [0.4, 0.5) is 26.3 Å². The molecule has 0 N–H and O–H groups in total. The lowest BCUT2D eigenvalue weighted by Gasteiger charge is -2.15. The molecule has 0 saturated heterocycles. The van der Waals surface area contributed by atoms with Gasteiger partial charge in [-0.15, -0.1) is 13.2 Å². The number of hydrogen-bond donors (Lipinski definition) is 0. The molecule has 1 aromatic heterocycles. The Labute approximate surface area is 119 Å². The van der Waals surface area contributed by atoms with Crippen molar-refractivity contribution in [3.8, 4) is 5.88 Å². The highest BCUT2D eigenvalue weighted by molar-refractivity contribution is 14.1. The SMILES string of the molecule is FC(F)(F)Oc1nc(C(F)(F)F)cc(I)c1CBr.